The Hall–Kier alpha value is -3.68. The van der Waals surface area contributed by atoms with E-state index in [2.05, 4.69) is 5.32 Å². The number of aryl methyl sites for hydroxylation is 2. The first-order valence-corrected chi connectivity index (χ1v) is 10.5. The predicted molar refractivity (Wildman–Crippen MR) is 123 cm³/mol. The van der Waals surface area contributed by atoms with E-state index in [9.17, 15) is 4.79 Å². The number of amides is 2. The summed E-state index contributed by atoms with van der Waals surface area (Å²) in [7, 11) is 4.83. The molecule has 1 aromatic heterocycles. The van der Waals surface area contributed by atoms with Crippen LogP contribution in [0.25, 0.3) is 11.3 Å². The van der Waals surface area contributed by atoms with Crippen LogP contribution < -0.4 is 19.5 Å². The minimum atomic E-state index is -0.156. The molecule has 168 valence electrons. The zero-order chi connectivity index (χ0) is 22.7. The standard InChI is InChI=1S/C24H28N4O4/c1-16-6-8-21(30-2)20(12-16)25-24(29)27-10-5-11-28-18(15-27)14-19(26-28)17-7-9-22(31-3)23(13-17)32-4/h6-9,12-14H,5,10-11,15H2,1-4H3,(H,25,29). The van der Waals surface area contributed by atoms with Crippen LogP contribution in [-0.2, 0) is 13.1 Å². The number of urea groups is 1. The number of benzene rings is 2. The normalized spacial score (nSPS) is 13.2. The van der Waals surface area contributed by atoms with Crippen molar-refractivity contribution in [2.24, 2.45) is 0 Å². The van der Waals surface area contributed by atoms with Crippen molar-refractivity contribution in [1.29, 1.82) is 0 Å². The third kappa shape index (κ3) is 4.34. The Morgan fingerprint density at radius 2 is 1.69 bits per heavy atom. The van der Waals surface area contributed by atoms with E-state index >= 15 is 0 Å². The summed E-state index contributed by atoms with van der Waals surface area (Å²) in [4.78, 5) is 14.8. The number of nitrogens with zero attached hydrogens (tertiary/aromatic N) is 3. The van der Waals surface area contributed by atoms with Crippen LogP contribution in [0.3, 0.4) is 0 Å². The highest BCUT2D eigenvalue weighted by Crippen LogP contribution is 2.32. The minimum Gasteiger partial charge on any atom is -0.495 e. The summed E-state index contributed by atoms with van der Waals surface area (Å²) in [5.74, 6) is 1.97. The van der Waals surface area contributed by atoms with Crippen LogP contribution in [0.4, 0.5) is 10.5 Å². The Morgan fingerprint density at radius 3 is 2.44 bits per heavy atom. The molecule has 1 N–H and O–H groups in total. The average molecular weight is 437 g/mol. The molecule has 4 rings (SSSR count). The third-order valence-electron chi connectivity index (χ3n) is 5.58. The summed E-state index contributed by atoms with van der Waals surface area (Å²) in [6, 6.07) is 13.3. The fourth-order valence-corrected chi connectivity index (χ4v) is 3.89. The molecule has 2 amide bonds. The van der Waals surface area contributed by atoms with Gasteiger partial charge in [-0.15, -0.1) is 0 Å². The van der Waals surface area contributed by atoms with Crippen molar-refractivity contribution in [3.05, 3.63) is 53.7 Å². The van der Waals surface area contributed by atoms with E-state index in [1.54, 1.807) is 26.2 Å². The van der Waals surface area contributed by atoms with Gasteiger partial charge in [-0.1, -0.05) is 6.07 Å². The topological polar surface area (TPSA) is 77.9 Å². The lowest BCUT2D eigenvalue weighted by Crippen LogP contribution is -2.34. The van der Waals surface area contributed by atoms with Crippen molar-refractivity contribution in [3.8, 4) is 28.5 Å². The zero-order valence-electron chi connectivity index (χ0n) is 18.8. The second-order valence-electron chi connectivity index (χ2n) is 7.72. The molecule has 0 atom stereocenters. The van der Waals surface area contributed by atoms with Crippen molar-refractivity contribution >= 4 is 11.7 Å². The van der Waals surface area contributed by atoms with E-state index in [4.69, 9.17) is 19.3 Å². The lowest BCUT2D eigenvalue weighted by Gasteiger charge is -2.21. The summed E-state index contributed by atoms with van der Waals surface area (Å²) < 4.78 is 18.1. The van der Waals surface area contributed by atoms with Crippen molar-refractivity contribution in [2.45, 2.75) is 26.4 Å². The number of methoxy groups -OCH3 is 3. The number of rotatable bonds is 5. The van der Waals surface area contributed by atoms with E-state index in [-0.39, 0.29) is 6.03 Å². The van der Waals surface area contributed by atoms with Gasteiger partial charge in [0.1, 0.15) is 5.75 Å². The van der Waals surface area contributed by atoms with Gasteiger partial charge in [0.25, 0.3) is 0 Å². The Labute approximate surface area is 187 Å². The van der Waals surface area contributed by atoms with Crippen LogP contribution in [-0.4, -0.2) is 48.6 Å². The van der Waals surface area contributed by atoms with Gasteiger partial charge in [-0.25, -0.2) is 4.79 Å². The van der Waals surface area contributed by atoms with Gasteiger partial charge in [0.2, 0.25) is 0 Å². The highest BCUT2D eigenvalue weighted by atomic mass is 16.5. The van der Waals surface area contributed by atoms with Crippen LogP contribution in [0.5, 0.6) is 17.2 Å². The molecule has 32 heavy (non-hydrogen) atoms. The fourth-order valence-electron chi connectivity index (χ4n) is 3.89. The smallest absolute Gasteiger partial charge is 0.322 e. The highest BCUT2D eigenvalue weighted by Gasteiger charge is 2.22. The number of hydrogen-bond acceptors (Lipinski definition) is 5. The van der Waals surface area contributed by atoms with Crippen LogP contribution >= 0.6 is 0 Å². The molecule has 0 bridgehead atoms. The summed E-state index contributed by atoms with van der Waals surface area (Å²) in [5.41, 5.74) is 4.47. The largest absolute Gasteiger partial charge is 0.495 e. The van der Waals surface area contributed by atoms with E-state index < -0.39 is 0 Å². The summed E-state index contributed by atoms with van der Waals surface area (Å²) in [6.45, 7) is 3.85. The van der Waals surface area contributed by atoms with E-state index in [1.807, 2.05) is 54.1 Å². The average Bonchev–Trinajstić information content (AvgIpc) is 3.09. The molecule has 2 aromatic carbocycles. The maximum absolute atomic E-state index is 13.0. The maximum Gasteiger partial charge on any atom is 0.322 e. The van der Waals surface area contributed by atoms with Gasteiger partial charge in [0.15, 0.2) is 11.5 Å². The van der Waals surface area contributed by atoms with Crippen LogP contribution in [0.15, 0.2) is 42.5 Å². The van der Waals surface area contributed by atoms with Crippen molar-refractivity contribution in [1.82, 2.24) is 14.7 Å². The number of fused-ring (bicyclic) bond motifs is 1. The summed E-state index contributed by atoms with van der Waals surface area (Å²) in [5, 5.41) is 7.77. The van der Waals surface area contributed by atoms with Gasteiger partial charge < -0.3 is 24.4 Å². The quantitative estimate of drug-likeness (QED) is 0.644. The molecule has 8 heteroatoms. The first-order valence-electron chi connectivity index (χ1n) is 10.5. The van der Waals surface area contributed by atoms with Gasteiger partial charge >= 0.3 is 6.03 Å². The third-order valence-corrected chi connectivity index (χ3v) is 5.58. The number of ether oxygens (including phenoxy) is 3. The number of carbonyl (C=O) groups excluding carboxylic acids is 1. The van der Waals surface area contributed by atoms with Crippen molar-refractivity contribution in [3.63, 3.8) is 0 Å². The molecule has 1 aliphatic rings. The van der Waals surface area contributed by atoms with Crippen LogP contribution in [0, 0.1) is 6.92 Å². The Kier molecular flexibility index (Phi) is 6.20. The summed E-state index contributed by atoms with van der Waals surface area (Å²) >= 11 is 0. The van der Waals surface area contributed by atoms with Gasteiger partial charge in [-0.2, -0.15) is 5.10 Å². The number of anilines is 1. The number of hydrogen-bond donors (Lipinski definition) is 1. The molecule has 0 aliphatic carbocycles. The zero-order valence-corrected chi connectivity index (χ0v) is 18.8. The second kappa shape index (κ2) is 9.21. The molecule has 0 saturated carbocycles. The molecule has 0 fully saturated rings. The van der Waals surface area contributed by atoms with Gasteiger partial charge in [0, 0.05) is 18.7 Å². The molecular weight excluding hydrogens is 408 g/mol. The first-order chi connectivity index (χ1) is 15.5. The number of aromatic nitrogens is 2. The van der Waals surface area contributed by atoms with Crippen molar-refractivity contribution in [2.75, 3.05) is 33.2 Å². The minimum absolute atomic E-state index is 0.156. The lowest BCUT2D eigenvalue weighted by atomic mass is 10.1. The predicted octanol–water partition coefficient (Wildman–Crippen LogP) is 4.32. The van der Waals surface area contributed by atoms with Gasteiger partial charge in [0.05, 0.1) is 44.9 Å². The Bertz CT molecular complexity index is 1130. The number of carbonyl (C=O) groups is 1. The van der Waals surface area contributed by atoms with E-state index in [0.29, 0.717) is 36.0 Å². The fraction of sp³-hybridized carbons (Fsp3) is 0.333. The second-order valence-corrected chi connectivity index (χ2v) is 7.72. The van der Waals surface area contributed by atoms with E-state index in [0.717, 1.165) is 35.5 Å². The first kappa shape index (κ1) is 21.5. The Morgan fingerprint density at radius 1 is 0.938 bits per heavy atom. The molecular formula is C24H28N4O4. The molecule has 0 saturated heterocycles. The van der Waals surface area contributed by atoms with E-state index in [1.165, 1.54) is 0 Å². The molecule has 3 aromatic rings. The highest BCUT2D eigenvalue weighted by molar-refractivity contribution is 5.91. The summed E-state index contributed by atoms with van der Waals surface area (Å²) in [6.07, 6.45) is 0.818. The van der Waals surface area contributed by atoms with Crippen LogP contribution in [0.1, 0.15) is 17.7 Å². The monoisotopic (exact) mass is 436 g/mol. The van der Waals surface area contributed by atoms with Gasteiger partial charge in [-0.05, 0) is 55.3 Å². The SMILES string of the molecule is COc1ccc(C)cc1NC(=O)N1CCCn2nc(-c3ccc(OC)c(OC)c3)cc2C1. The maximum atomic E-state index is 13.0. The lowest BCUT2D eigenvalue weighted by molar-refractivity contribution is 0.210. The van der Waals surface area contributed by atoms with Crippen LogP contribution in [0.2, 0.25) is 0 Å². The molecule has 0 radical (unpaired) electrons. The number of nitrogens with one attached hydrogen (secondary N) is 1. The molecule has 8 nitrogen and oxygen atoms in total. The Balaban J connectivity index is 1.55. The van der Waals surface area contributed by atoms with Gasteiger partial charge in [-0.3, -0.25) is 4.68 Å². The molecule has 2 heterocycles. The van der Waals surface area contributed by atoms with Crippen molar-refractivity contribution < 1.29 is 19.0 Å². The molecule has 0 unspecified atom stereocenters. The molecule has 0 spiro atoms. The molecule has 1 aliphatic heterocycles.